The molecule has 4 aromatic rings. The van der Waals surface area contributed by atoms with E-state index < -0.39 is 29.7 Å². The SMILES string of the molecule is Cc1ccc(-c2nn(-c3ccccc3)cc2C(=O)OCC(=O)Nc2cc(=O)n(C)c(=O)n2C)cc1. The van der Waals surface area contributed by atoms with E-state index in [4.69, 9.17) is 4.74 Å². The van der Waals surface area contributed by atoms with Crippen LogP contribution in [0.2, 0.25) is 0 Å². The molecule has 10 heteroatoms. The van der Waals surface area contributed by atoms with Gasteiger partial charge in [0.2, 0.25) is 0 Å². The summed E-state index contributed by atoms with van der Waals surface area (Å²) in [4.78, 5) is 49.3. The molecule has 0 unspecified atom stereocenters. The number of aromatic nitrogens is 4. The molecule has 0 atom stereocenters. The number of rotatable bonds is 6. The number of carbonyl (C=O) groups is 2. The van der Waals surface area contributed by atoms with Crippen LogP contribution < -0.4 is 16.6 Å². The highest BCUT2D eigenvalue weighted by Gasteiger charge is 2.21. The third kappa shape index (κ3) is 4.96. The van der Waals surface area contributed by atoms with Crippen molar-refractivity contribution in [1.82, 2.24) is 18.9 Å². The predicted octanol–water partition coefficient (Wildman–Crippen LogP) is 2.04. The lowest BCUT2D eigenvalue weighted by molar-refractivity contribution is -0.119. The average molecular weight is 473 g/mol. The van der Waals surface area contributed by atoms with Gasteiger partial charge in [-0.1, -0.05) is 48.0 Å². The van der Waals surface area contributed by atoms with E-state index in [-0.39, 0.29) is 11.4 Å². The average Bonchev–Trinajstić information content (AvgIpc) is 3.31. The van der Waals surface area contributed by atoms with Gasteiger partial charge in [0.1, 0.15) is 17.1 Å². The Bertz CT molecular complexity index is 1510. The summed E-state index contributed by atoms with van der Waals surface area (Å²) in [6.07, 6.45) is 1.55. The smallest absolute Gasteiger partial charge is 0.342 e. The van der Waals surface area contributed by atoms with Gasteiger partial charge >= 0.3 is 11.7 Å². The number of aryl methyl sites for hydroxylation is 1. The molecule has 10 nitrogen and oxygen atoms in total. The molecule has 0 bridgehead atoms. The Balaban J connectivity index is 1.56. The van der Waals surface area contributed by atoms with Gasteiger partial charge < -0.3 is 10.1 Å². The van der Waals surface area contributed by atoms with Gasteiger partial charge in [-0.15, -0.1) is 0 Å². The van der Waals surface area contributed by atoms with Crippen molar-refractivity contribution in [3.05, 3.63) is 98.8 Å². The van der Waals surface area contributed by atoms with Crippen molar-refractivity contribution in [3.63, 3.8) is 0 Å². The molecule has 0 saturated carbocycles. The standard InChI is InChI=1S/C25H23N5O5/c1-16-9-11-17(12-10-16)23-19(14-30(27-23)18-7-5-4-6-8-18)24(33)35-15-21(31)26-20-13-22(32)29(3)25(34)28(20)2/h4-14H,15H2,1-3H3,(H,26,31). The number of hydrogen-bond donors (Lipinski definition) is 1. The Kier molecular flexibility index (Phi) is 6.45. The lowest BCUT2D eigenvalue weighted by atomic mass is 10.1. The van der Waals surface area contributed by atoms with Crippen molar-refractivity contribution in [1.29, 1.82) is 0 Å². The summed E-state index contributed by atoms with van der Waals surface area (Å²) < 4.78 is 8.84. The normalized spacial score (nSPS) is 10.7. The van der Waals surface area contributed by atoms with Crippen molar-refractivity contribution >= 4 is 17.7 Å². The van der Waals surface area contributed by atoms with Crippen LogP contribution >= 0.6 is 0 Å². The predicted molar refractivity (Wildman–Crippen MR) is 130 cm³/mol. The molecule has 178 valence electrons. The van der Waals surface area contributed by atoms with Gasteiger partial charge in [-0.2, -0.15) is 5.10 Å². The fourth-order valence-electron chi connectivity index (χ4n) is 3.40. The molecule has 0 aliphatic heterocycles. The van der Waals surface area contributed by atoms with Crippen LogP contribution in [0.3, 0.4) is 0 Å². The van der Waals surface area contributed by atoms with Crippen molar-refractivity contribution < 1.29 is 14.3 Å². The summed E-state index contributed by atoms with van der Waals surface area (Å²) in [7, 11) is 2.74. The number of anilines is 1. The fraction of sp³-hybridized carbons (Fsp3) is 0.160. The molecule has 0 aliphatic carbocycles. The first kappa shape index (κ1) is 23.4. The van der Waals surface area contributed by atoms with Crippen LogP contribution in [0.1, 0.15) is 15.9 Å². The summed E-state index contributed by atoms with van der Waals surface area (Å²) in [5.41, 5.74) is 1.96. The van der Waals surface area contributed by atoms with E-state index in [1.54, 1.807) is 10.9 Å². The van der Waals surface area contributed by atoms with Gasteiger partial charge in [0.15, 0.2) is 6.61 Å². The minimum atomic E-state index is -0.740. The Labute approximate surface area is 200 Å². The van der Waals surface area contributed by atoms with Crippen LogP contribution in [0.5, 0.6) is 0 Å². The van der Waals surface area contributed by atoms with E-state index in [9.17, 15) is 19.2 Å². The molecule has 1 amide bonds. The van der Waals surface area contributed by atoms with E-state index in [1.165, 1.54) is 14.1 Å². The van der Waals surface area contributed by atoms with Crippen LogP contribution in [0, 0.1) is 6.92 Å². The highest BCUT2D eigenvalue weighted by molar-refractivity contribution is 5.98. The molecule has 35 heavy (non-hydrogen) atoms. The number of carbonyl (C=O) groups excluding carboxylic acids is 2. The third-order valence-corrected chi connectivity index (χ3v) is 5.41. The number of nitrogens with zero attached hydrogens (tertiary/aromatic N) is 4. The zero-order chi connectivity index (χ0) is 25.1. The molecule has 0 aliphatic rings. The Hall–Kier alpha value is -4.73. The molecule has 2 heterocycles. The molecule has 4 rings (SSSR count). The maximum absolute atomic E-state index is 13.0. The van der Waals surface area contributed by atoms with Crippen molar-refractivity contribution in [3.8, 4) is 16.9 Å². The Morgan fingerprint density at radius 3 is 2.34 bits per heavy atom. The maximum atomic E-state index is 13.0. The number of ether oxygens (including phenoxy) is 1. The molecule has 0 radical (unpaired) electrons. The monoisotopic (exact) mass is 473 g/mol. The second kappa shape index (κ2) is 9.64. The van der Waals surface area contributed by atoms with Crippen LogP contribution in [0.4, 0.5) is 5.82 Å². The summed E-state index contributed by atoms with van der Waals surface area (Å²) in [5.74, 6) is -1.44. The minimum absolute atomic E-state index is 0.00334. The maximum Gasteiger partial charge on any atom is 0.342 e. The van der Waals surface area contributed by atoms with Gasteiger partial charge in [-0.25, -0.2) is 14.3 Å². The highest BCUT2D eigenvalue weighted by atomic mass is 16.5. The number of nitrogens with one attached hydrogen (secondary N) is 1. The van der Waals surface area contributed by atoms with E-state index in [2.05, 4.69) is 10.4 Å². The highest BCUT2D eigenvalue weighted by Crippen LogP contribution is 2.25. The van der Waals surface area contributed by atoms with Crippen molar-refractivity contribution in [2.45, 2.75) is 6.92 Å². The first-order valence-electron chi connectivity index (χ1n) is 10.7. The van der Waals surface area contributed by atoms with Crippen molar-refractivity contribution in [2.75, 3.05) is 11.9 Å². The van der Waals surface area contributed by atoms with Crippen LogP contribution in [-0.2, 0) is 23.6 Å². The first-order valence-corrected chi connectivity index (χ1v) is 10.7. The Morgan fingerprint density at radius 2 is 1.66 bits per heavy atom. The third-order valence-electron chi connectivity index (χ3n) is 5.41. The zero-order valence-corrected chi connectivity index (χ0v) is 19.4. The van der Waals surface area contributed by atoms with Crippen molar-refractivity contribution in [2.24, 2.45) is 14.1 Å². The fourth-order valence-corrected chi connectivity index (χ4v) is 3.40. The molecular weight excluding hydrogens is 450 g/mol. The minimum Gasteiger partial charge on any atom is -0.452 e. The van der Waals surface area contributed by atoms with Gasteiger partial charge in [0, 0.05) is 31.9 Å². The molecular formula is C25H23N5O5. The van der Waals surface area contributed by atoms with Crippen LogP contribution in [-0.4, -0.2) is 37.4 Å². The van der Waals surface area contributed by atoms with E-state index >= 15 is 0 Å². The first-order chi connectivity index (χ1) is 16.7. The second-order valence-electron chi connectivity index (χ2n) is 7.93. The summed E-state index contributed by atoms with van der Waals surface area (Å²) >= 11 is 0. The van der Waals surface area contributed by atoms with Gasteiger partial charge in [0.25, 0.3) is 11.5 Å². The van der Waals surface area contributed by atoms with E-state index in [0.717, 1.165) is 32.0 Å². The Morgan fingerprint density at radius 1 is 0.971 bits per heavy atom. The largest absolute Gasteiger partial charge is 0.452 e. The van der Waals surface area contributed by atoms with Gasteiger partial charge in [-0.05, 0) is 19.1 Å². The number of benzene rings is 2. The quantitative estimate of drug-likeness (QED) is 0.429. The van der Waals surface area contributed by atoms with E-state index in [1.807, 2.05) is 61.5 Å². The van der Waals surface area contributed by atoms with Crippen LogP contribution in [0.15, 0.2) is 76.4 Å². The molecule has 2 aromatic carbocycles. The van der Waals surface area contributed by atoms with E-state index in [0.29, 0.717) is 5.69 Å². The lowest BCUT2D eigenvalue weighted by Gasteiger charge is -2.11. The topological polar surface area (TPSA) is 117 Å². The van der Waals surface area contributed by atoms with Gasteiger partial charge in [0.05, 0.1) is 5.69 Å². The second-order valence-corrected chi connectivity index (χ2v) is 7.93. The molecule has 0 spiro atoms. The number of hydrogen-bond acceptors (Lipinski definition) is 6. The molecule has 1 N–H and O–H groups in total. The summed E-state index contributed by atoms with van der Waals surface area (Å²) in [6, 6.07) is 17.9. The number of amides is 1. The molecule has 0 fully saturated rings. The zero-order valence-electron chi connectivity index (χ0n) is 19.4. The molecule has 0 saturated heterocycles. The van der Waals surface area contributed by atoms with Crippen LogP contribution in [0.25, 0.3) is 16.9 Å². The number of para-hydroxylation sites is 1. The lowest BCUT2D eigenvalue weighted by Crippen LogP contribution is -2.38. The summed E-state index contributed by atoms with van der Waals surface area (Å²) in [5, 5.41) is 7.00. The van der Waals surface area contributed by atoms with Gasteiger partial charge in [-0.3, -0.25) is 18.7 Å². The summed E-state index contributed by atoms with van der Waals surface area (Å²) in [6.45, 7) is 1.34. The number of esters is 1. The molecule has 2 aromatic heterocycles.